The summed E-state index contributed by atoms with van der Waals surface area (Å²) >= 11 is 5.90. The number of likely N-dealkylation sites (N-methyl/N-ethyl adjacent to an activating group) is 1. The normalized spacial score (nSPS) is 20.4. The van der Waals surface area contributed by atoms with Gasteiger partial charge in [-0.3, -0.25) is 0 Å². The minimum Gasteiger partial charge on any atom is -0.367 e. The van der Waals surface area contributed by atoms with Crippen molar-refractivity contribution in [2.75, 3.05) is 11.4 Å². The lowest BCUT2D eigenvalue weighted by molar-refractivity contribution is 0.345. The summed E-state index contributed by atoms with van der Waals surface area (Å²) in [6, 6.07) is 14.8. The van der Waals surface area contributed by atoms with E-state index in [0.717, 1.165) is 37.9 Å². The largest absolute Gasteiger partial charge is 0.367 e. The Labute approximate surface area is 167 Å². The fraction of sp³-hybridized carbons (Fsp3) is 0.429. The number of anilines is 1. The molecule has 0 spiro atoms. The van der Waals surface area contributed by atoms with Crippen LogP contribution in [0.2, 0.25) is 5.02 Å². The lowest BCUT2D eigenvalue weighted by Gasteiger charge is -2.41. The maximum Gasteiger partial charge on any atom is 0.240 e. The third kappa shape index (κ3) is 4.84. The van der Waals surface area contributed by atoms with E-state index >= 15 is 0 Å². The number of benzene rings is 2. The van der Waals surface area contributed by atoms with Crippen LogP contribution in [0, 0.1) is 6.92 Å². The topological polar surface area (TPSA) is 49.4 Å². The zero-order chi connectivity index (χ0) is 19.4. The SMILES string of the molecule is CCN(c1cccc(C)c1)[C@H]1CCCC[C@H]1NS(=O)(=O)c1ccc(Cl)cc1. The molecule has 2 aromatic carbocycles. The van der Waals surface area contributed by atoms with E-state index in [0.29, 0.717) is 5.02 Å². The van der Waals surface area contributed by atoms with Crippen LogP contribution in [0.25, 0.3) is 0 Å². The van der Waals surface area contributed by atoms with Gasteiger partial charge in [-0.05, 0) is 68.7 Å². The minimum atomic E-state index is -3.58. The van der Waals surface area contributed by atoms with Gasteiger partial charge in [0.05, 0.1) is 4.90 Å². The molecule has 1 saturated carbocycles. The van der Waals surface area contributed by atoms with E-state index in [1.165, 1.54) is 5.56 Å². The van der Waals surface area contributed by atoms with E-state index in [4.69, 9.17) is 11.6 Å². The first-order valence-electron chi connectivity index (χ1n) is 9.52. The second kappa shape index (κ2) is 8.63. The highest BCUT2D eigenvalue weighted by Crippen LogP contribution is 2.29. The second-order valence-corrected chi connectivity index (χ2v) is 9.31. The monoisotopic (exact) mass is 406 g/mol. The second-order valence-electron chi connectivity index (χ2n) is 7.16. The van der Waals surface area contributed by atoms with E-state index in [2.05, 4.69) is 47.7 Å². The number of rotatable bonds is 6. The third-order valence-corrected chi connectivity index (χ3v) is 6.99. The van der Waals surface area contributed by atoms with E-state index in [1.807, 2.05) is 0 Å². The zero-order valence-electron chi connectivity index (χ0n) is 15.9. The molecule has 2 atom stereocenters. The molecule has 2 aromatic rings. The summed E-state index contributed by atoms with van der Waals surface area (Å²) < 4.78 is 28.7. The Morgan fingerprint density at radius 3 is 2.48 bits per heavy atom. The molecule has 0 bridgehead atoms. The number of aryl methyl sites for hydroxylation is 1. The van der Waals surface area contributed by atoms with Crippen molar-refractivity contribution in [1.29, 1.82) is 0 Å². The maximum absolute atomic E-state index is 12.9. The van der Waals surface area contributed by atoms with E-state index in [1.54, 1.807) is 24.3 Å². The molecule has 3 rings (SSSR count). The van der Waals surface area contributed by atoms with Gasteiger partial charge in [0.2, 0.25) is 10.0 Å². The molecular weight excluding hydrogens is 380 g/mol. The number of halogens is 1. The highest BCUT2D eigenvalue weighted by Gasteiger charge is 2.33. The lowest BCUT2D eigenvalue weighted by atomic mass is 9.89. The summed E-state index contributed by atoms with van der Waals surface area (Å²) in [4.78, 5) is 2.59. The molecule has 146 valence electrons. The number of hydrogen-bond donors (Lipinski definition) is 1. The fourth-order valence-corrected chi connectivity index (χ4v) is 5.35. The Balaban J connectivity index is 1.85. The minimum absolute atomic E-state index is 0.111. The molecule has 0 saturated heterocycles. The van der Waals surface area contributed by atoms with E-state index in [-0.39, 0.29) is 17.0 Å². The van der Waals surface area contributed by atoms with E-state index in [9.17, 15) is 8.42 Å². The average molecular weight is 407 g/mol. The highest BCUT2D eigenvalue weighted by atomic mass is 35.5. The Kier molecular flexibility index (Phi) is 6.45. The van der Waals surface area contributed by atoms with Gasteiger partial charge in [-0.25, -0.2) is 13.1 Å². The Hall–Kier alpha value is -1.56. The van der Waals surface area contributed by atoms with Crippen molar-refractivity contribution in [3.63, 3.8) is 0 Å². The van der Waals surface area contributed by atoms with Crippen LogP contribution >= 0.6 is 11.6 Å². The quantitative estimate of drug-likeness (QED) is 0.752. The zero-order valence-corrected chi connectivity index (χ0v) is 17.4. The summed E-state index contributed by atoms with van der Waals surface area (Å²) in [6.45, 7) is 5.05. The average Bonchev–Trinajstić information content (AvgIpc) is 2.64. The van der Waals surface area contributed by atoms with Gasteiger partial charge in [0.25, 0.3) is 0 Å². The van der Waals surface area contributed by atoms with Gasteiger partial charge in [-0.15, -0.1) is 0 Å². The van der Waals surface area contributed by atoms with Crippen LogP contribution in [0.1, 0.15) is 38.2 Å². The van der Waals surface area contributed by atoms with E-state index < -0.39 is 10.0 Å². The fourth-order valence-electron chi connectivity index (χ4n) is 3.92. The molecular formula is C21H27ClN2O2S. The number of nitrogens with zero attached hydrogens (tertiary/aromatic N) is 1. The Morgan fingerprint density at radius 2 is 1.81 bits per heavy atom. The number of sulfonamides is 1. The van der Waals surface area contributed by atoms with Gasteiger partial charge in [0, 0.05) is 29.3 Å². The Bertz CT molecular complexity index is 868. The van der Waals surface area contributed by atoms with Crippen molar-refractivity contribution in [2.24, 2.45) is 0 Å². The van der Waals surface area contributed by atoms with Gasteiger partial charge in [0.15, 0.2) is 0 Å². The molecule has 1 aliphatic rings. The van der Waals surface area contributed by atoms with Crippen LogP contribution in [-0.4, -0.2) is 27.0 Å². The van der Waals surface area contributed by atoms with Gasteiger partial charge >= 0.3 is 0 Å². The third-order valence-electron chi connectivity index (χ3n) is 5.23. The summed E-state index contributed by atoms with van der Waals surface area (Å²) in [7, 11) is -3.58. The van der Waals surface area contributed by atoms with Gasteiger partial charge in [0.1, 0.15) is 0 Å². The molecule has 27 heavy (non-hydrogen) atoms. The van der Waals surface area contributed by atoms with Crippen molar-refractivity contribution < 1.29 is 8.42 Å². The van der Waals surface area contributed by atoms with Crippen molar-refractivity contribution in [3.05, 3.63) is 59.1 Å². The molecule has 6 heteroatoms. The first kappa shape index (κ1) is 20.2. The molecule has 1 fully saturated rings. The molecule has 4 nitrogen and oxygen atoms in total. The molecule has 0 aromatic heterocycles. The molecule has 1 aliphatic carbocycles. The maximum atomic E-state index is 12.9. The first-order valence-corrected chi connectivity index (χ1v) is 11.4. The van der Waals surface area contributed by atoms with Crippen LogP contribution in [0.5, 0.6) is 0 Å². The highest BCUT2D eigenvalue weighted by molar-refractivity contribution is 7.89. The van der Waals surface area contributed by atoms with Crippen LogP contribution in [0.4, 0.5) is 5.69 Å². The predicted octanol–water partition coefficient (Wildman–Crippen LogP) is 4.76. The molecule has 0 heterocycles. The van der Waals surface area contributed by atoms with Gasteiger partial charge < -0.3 is 4.90 Å². The number of hydrogen-bond acceptors (Lipinski definition) is 3. The van der Waals surface area contributed by atoms with Gasteiger partial charge in [-0.2, -0.15) is 0 Å². The molecule has 0 amide bonds. The number of nitrogens with one attached hydrogen (secondary N) is 1. The van der Waals surface area contributed by atoms with Crippen LogP contribution < -0.4 is 9.62 Å². The molecule has 0 radical (unpaired) electrons. The lowest BCUT2D eigenvalue weighted by Crippen LogP contribution is -2.53. The van der Waals surface area contributed by atoms with Crippen molar-refractivity contribution in [1.82, 2.24) is 4.72 Å². The van der Waals surface area contributed by atoms with Crippen molar-refractivity contribution in [2.45, 2.75) is 56.5 Å². The molecule has 0 unspecified atom stereocenters. The summed E-state index contributed by atoms with van der Waals surface area (Å²) in [5.41, 5.74) is 2.36. The van der Waals surface area contributed by atoms with Crippen LogP contribution in [0.3, 0.4) is 0 Å². The van der Waals surface area contributed by atoms with Crippen molar-refractivity contribution >= 4 is 27.3 Å². The summed E-state index contributed by atoms with van der Waals surface area (Å²) in [6.07, 6.45) is 3.98. The van der Waals surface area contributed by atoms with Crippen LogP contribution in [-0.2, 0) is 10.0 Å². The Morgan fingerprint density at radius 1 is 1.11 bits per heavy atom. The van der Waals surface area contributed by atoms with Crippen LogP contribution in [0.15, 0.2) is 53.4 Å². The predicted molar refractivity (Wildman–Crippen MR) is 112 cm³/mol. The smallest absolute Gasteiger partial charge is 0.240 e. The van der Waals surface area contributed by atoms with Gasteiger partial charge in [-0.1, -0.05) is 36.6 Å². The first-order chi connectivity index (χ1) is 12.9. The summed E-state index contributed by atoms with van der Waals surface area (Å²) in [5, 5.41) is 0.529. The molecule has 1 N–H and O–H groups in total. The standard InChI is InChI=1S/C21H27ClN2O2S/c1-3-24(18-8-6-7-16(2)15-18)21-10-5-4-9-20(21)23-27(25,26)19-13-11-17(22)12-14-19/h6-8,11-15,20-21,23H,3-5,9-10H2,1-2H3/t20-,21+/m1/s1. The van der Waals surface area contributed by atoms with Crippen molar-refractivity contribution in [3.8, 4) is 0 Å². The molecule has 0 aliphatic heterocycles. The summed E-state index contributed by atoms with van der Waals surface area (Å²) in [5.74, 6) is 0.